The van der Waals surface area contributed by atoms with Crippen LogP contribution in [0.4, 0.5) is 20.5 Å². The Morgan fingerprint density at radius 2 is 1.80 bits per heavy atom. The van der Waals surface area contributed by atoms with Crippen molar-refractivity contribution in [2.75, 3.05) is 19.0 Å². The number of ether oxygens (including phenoxy) is 1. The maximum Gasteiger partial charge on any atom is 0.303 e. The third-order valence-electron chi connectivity index (χ3n) is 7.08. The second-order valence-electron chi connectivity index (χ2n) is 10.6. The van der Waals surface area contributed by atoms with Crippen LogP contribution in [-0.4, -0.2) is 82.0 Å². The van der Waals surface area contributed by atoms with E-state index in [2.05, 4.69) is 25.4 Å². The highest BCUT2D eigenvalue weighted by atomic mass is 19.2. The Bertz CT molecular complexity index is 1690. The number of unbranched alkanes of at least 4 members (excludes halogenated alkanes) is 1. The van der Waals surface area contributed by atoms with E-state index in [0.717, 1.165) is 23.5 Å². The number of carboxylic acid groups (broad SMARTS) is 2. The van der Waals surface area contributed by atoms with E-state index >= 15 is 0 Å². The molecule has 4 aromatic rings. The molecular weight excluding hydrogens is 606 g/mol. The average Bonchev–Trinajstić information content (AvgIpc) is 3.62. The van der Waals surface area contributed by atoms with Crippen molar-refractivity contribution in [3.8, 4) is 11.4 Å². The molecule has 1 aliphatic heterocycles. The lowest BCUT2D eigenvalue weighted by Crippen LogP contribution is -2.49. The standard InChI is InChI=1S/C24H24F2N8O2.C6H10O4/c1-14-9-27-24(30-20-6-7-28-32(20)2)31-21(14)19-12-33-11-16(13-36-3)34(23(35)22(33)29-19)10-15-4-5-17(25)18(26)8-15;7-5(8)3-1-2-4-6(9)10/h4-9,12,16H,10-11,13H2,1-3H3,(H,27,30,31);1-4H2,(H,7,8)(H,9,10)/t16-;/m1./s1. The number of imidazole rings is 1. The van der Waals surface area contributed by atoms with E-state index in [1.54, 1.807) is 53.0 Å². The lowest BCUT2D eigenvalue weighted by atomic mass is 10.1. The molecule has 244 valence electrons. The average molecular weight is 641 g/mol. The molecule has 1 atom stereocenters. The second-order valence-corrected chi connectivity index (χ2v) is 10.6. The minimum atomic E-state index is -0.959. The molecule has 14 nitrogen and oxygen atoms in total. The van der Waals surface area contributed by atoms with Crippen molar-refractivity contribution in [3.63, 3.8) is 0 Å². The maximum absolute atomic E-state index is 13.8. The van der Waals surface area contributed by atoms with Crippen LogP contribution in [-0.2, 0) is 34.5 Å². The smallest absolute Gasteiger partial charge is 0.303 e. The molecule has 4 heterocycles. The molecule has 5 rings (SSSR count). The van der Waals surface area contributed by atoms with Gasteiger partial charge in [0.05, 0.1) is 24.5 Å². The summed E-state index contributed by atoms with van der Waals surface area (Å²) < 4.78 is 35.9. The number of hydrogen-bond donors (Lipinski definition) is 3. The monoisotopic (exact) mass is 640 g/mol. The molecule has 0 radical (unpaired) electrons. The molecule has 0 spiro atoms. The summed E-state index contributed by atoms with van der Waals surface area (Å²) in [5, 5.41) is 23.5. The number of aliphatic carboxylic acids is 2. The van der Waals surface area contributed by atoms with E-state index < -0.39 is 23.6 Å². The Hall–Kier alpha value is -5.25. The Kier molecular flexibility index (Phi) is 11.1. The maximum atomic E-state index is 13.8. The molecule has 1 aromatic carbocycles. The van der Waals surface area contributed by atoms with Crippen LogP contribution in [0.15, 0.2) is 42.9 Å². The van der Waals surface area contributed by atoms with Crippen molar-refractivity contribution >= 4 is 29.6 Å². The van der Waals surface area contributed by atoms with Gasteiger partial charge in [0, 0.05) is 58.5 Å². The lowest BCUT2D eigenvalue weighted by molar-refractivity contribution is -0.139. The van der Waals surface area contributed by atoms with Crippen LogP contribution in [0.2, 0.25) is 0 Å². The molecule has 3 N–H and O–H groups in total. The number of carbonyl (C=O) groups excluding carboxylic acids is 1. The summed E-state index contributed by atoms with van der Waals surface area (Å²) in [6.45, 7) is 2.66. The van der Waals surface area contributed by atoms with Crippen LogP contribution in [0, 0.1) is 18.6 Å². The van der Waals surface area contributed by atoms with Crippen molar-refractivity contribution in [1.29, 1.82) is 0 Å². The zero-order valence-corrected chi connectivity index (χ0v) is 25.5. The molecule has 0 fully saturated rings. The number of benzene rings is 1. The third-order valence-corrected chi connectivity index (χ3v) is 7.08. The number of fused-ring (bicyclic) bond motifs is 1. The predicted octanol–water partition coefficient (Wildman–Crippen LogP) is 3.79. The van der Waals surface area contributed by atoms with Gasteiger partial charge in [-0.1, -0.05) is 6.07 Å². The van der Waals surface area contributed by atoms with Gasteiger partial charge >= 0.3 is 11.9 Å². The fourth-order valence-corrected chi connectivity index (χ4v) is 4.76. The first-order valence-electron chi connectivity index (χ1n) is 14.3. The minimum absolute atomic E-state index is 0.0628. The number of carboxylic acids is 2. The number of rotatable bonds is 12. The molecule has 0 saturated heterocycles. The van der Waals surface area contributed by atoms with E-state index in [4.69, 9.17) is 14.9 Å². The van der Waals surface area contributed by atoms with Gasteiger partial charge in [0.25, 0.3) is 5.91 Å². The van der Waals surface area contributed by atoms with Gasteiger partial charge in [-0.2, -0.15) is 5.10 Å². The Morgan fingerprint density at radius 3 is 2.41 bits per heavy atom. The van der Waals surface area contributed by atoms with Gasteiger partial charge in [0.15, 0.2) is 17.5 Å². The zero-order valence-electron chi connectivity index (χ0n) is 25.5. The van der Waals surface area contributed by atoms with Crippen LogP contribution >= 0.6 is 0 Å². The van der Waals surface area contributed by atoms with Gasteiger partial charge in [0.1, 0.15) is 11.5 Å². The van der Waals surface area contributed by atoms with Crippen LogP contribution < -0.4 is 5.32 Å². The summed E-state index contributed by atoms with van der Waals surface area (Å²) in [6.07, 6.45) is 6.15. The number of methoxy groups -OCH3 is 1. The van der Waals surface area contributed by atoms with Gasteiger partial charge in [-0.05, 0) is 43.0 Å². The summed E-state index contributed by atoms with van der Waals surface area (Å²) >= 11 is 0. The summed E-state index contributed by atoms with van der Waals surface area (Å²) in [5.41, 5.74) is 2.37. The van der Waals surface area contributed by atoms with Gasteiger partial charge < -0.3 is 29.7 Å². The number of hydrogen-bond acceptors (Lipinski definition) is 9. The topological polar surface area (TPSA) is 178 Å². The molecular formula is C30H34F2N8O6. The highest BCUT2D eigenvalue weighted by Gasteiger charge is 2.35. The van der Waals surface area contributed by atoms with E-state index in [0.29, 0.717) is 42.3 Å². The number of amides is 1. The highest BCUT2D eigenvalue weighted by Crippen LogP contribution is 2.27. The number of carbonyl (C=O) groups is 3. The zero-order chi connectivity index (χ0) is 33.4. The predicted molar refractivity (Wildman–Crippen MR) is 160 cm³/mol. The Morgan fingerprint density at radius 1 is 1.09 bits per heavy atom. The molecule has 0 bridgehead atoms. The van der Waals surface area contributed by atoms with Gasteiger partial charge in [0.2, 0.25) is 5.95 Å². The minimum Gasteiger partial charge on any atom is -0.481 e. The van der Waals surface area contributed by atoms with Crippen LogP contribution in [0.25, 0.3) is 11.4 Å². The first kappa shape index (κ1) is 33.6. The lowest BCUT2D eigenvalue weighted by Gasteiger charge is -2.35. The van der Waals surface area contributed by atoms with E-state index in [9.17, 15) is 23.2 Å². The normalized spacial score (nSPS) is 14.0. The largest absolute Gasteiger partial charge is 0.481 e. The number of anilines is 2. The fourth-order valence-electron chi connectivity index (χ4n) is 4.76. The number of nitrogens with one attached hydrogen (secondary N) is 1. The SMILES string of the molecule is COC[C@H]1Cn2cc(-c3nc(Nc4ccnn4C)ncc3C)nc2C(=O)N1Cc1ccc(F)c(F)c1.O=C(O)CCCCC(=O)O. The molecule has 1 amide bonds. The Balaban J connectivity index is 0.000000416. The summed E-state index contributed by atoms with van der Waals surface area (Å²) in [6, 6.07) is 5.09. The molecule has 46 heavy (non-hydrogen) atoms. The molecule has 16 heteroatoms. The summed E-state index contributed by atoms with van der Waals surface area (Å²) in [7, 11) is 3.35. The molecule has 0 unspecified atom stereocenters. The number of nitrogens with zero attached hydrogens (tertiary/aromatic N) is 7. The number of halogens is 2. The van der Waals surface area contributed by atoms with Crippen LogP contribution in [0.1, 0.15) is 47.4 Å². The number of aromatic nitrogens is 6. The van der Waals surface area contributed by atoms with E-state index in [1.165, 1.54) is 6.07 Å². The number of aryl methyl sites for hydroxylation is 2. The van der Waals surface area contributed by atoms with Crippen LogP contribution in [0.5, 0.6) is 0 Å². The first-order chi connectivity index (χ1) is 22.0. The highest BCUT2D eigenvalue weighted by molar-refractivity contribution is 5.92. The van der Waals surface area contributed by atoms with Crippen LogP contribution in [0.3, 0.4) is 0 Å². The van der Waals surface area contributed by atoms with Gasteiger partial charge in [-0.25, -0.2) is 23.7 Å². The van der Waals surface area contributed by atoms with Crippen molar-refractivity contribution in [2.45, 2.75) is 51.7 Å². The van der Waals surface area contributed by atoms with Crippen molar-refractivity contribution in [1.82, 2.24) is 34.2 Å². The third kappa shape index (κ3) is 8.47. The molecule has 0 aliphatic carbocycles. The quantitative estimate of drug-likeness (QED) is 0.192. The van der Waals surface area contributed by atoms with Crippen molar-refractivity contribution < 1.29 is 38.1 Å². The fraction of sp³-hybridized carbons (Fsp3) is 0.367. The second kappa shape index (κ2) is 15.2. The Labute approximate surface area is 262 Å². The molecule has 1 aliphatic rings. The van der Waals surface area contributed by atoms with E-state index in [1.807, 2.05) is 6.92 Å². The molecule has 3 aromatic heterocycles. The van der Waals surface area contributed by atoms with Gasteiger partial charge in [-0.3, -0.25) is 19.1 Å². The summed E-state index contributed by atoms with van der Waals surface area (Å²) in [4.78, 5) is 48.4. The summed E-state index contributed by atoms with van der Waals surface area (Å²) in [5.74, 6) is -2.64. The van der Waals surface area contributed by atoms with Crippen molar-refractivity contribution in [3.05, 3.63) is 71.4 Å². The molecule has 0 saturated carbocycles. The van der Waals surface area contributed by atoms with Gasteiger partial charge in [-0.15, -0.1) is 0 Å². The van der Waals surface area contributed by atoms with E-state index in [-0.39, 0.29) is 43.8 Å². The first-order valence-corrected chi connectivity index (χ1v) is 14.3. The van der Waals surface area contributed by atoms with Crippen molar-refractivity contribution in [2.24, 2.45) is 7.05 Å².